The van der Waals surface area contributed by atoms with Crippen LogP contribution in [0.1, 0.15) is 28.8 Å². The molecule has 0 saturated carbocycles. The number of aliphatic hydroxyl groups is 1. The van der Waals surface area contributed by atoms with Gasteiger partial charge in [0.25, 0.3) is 5.91 Å². The van der Waals surface area contributed by atoms with Gasteiger partial charge in [0, 0.05) is 67.9 Å². The highest BCUT2D eigenvalue weighted by atomic mass is 35.5. The van der Waals surface area contributed by atoms with Gasteiger partial charge >= 0.3 is 0 Å². The summed E-state index contributed by atoms with van der Waals surface area (Å²) in [5.74, 6) is 1.44. The quantitative estimate of drug-likeness (QED) is 0.279. The summed E-state index contributed by atoms with van der Waals surface area (Å²) in [5, 5.41) is 19.9. The summed E-state index contributed by atoms with van der Waals surface area (Å²) in [5.41, 5.74) is 3.16. The van der Waals surface area contributed by atoms with Crippen LogP contribution in [0.25, 0.3) is 5.65 Å². The molecule has 3 aromatic heterocycles. The number of fused-ring (bicyclic) bond motifs is 1. The van der Waals surface area contributed by atoms with Crippen LogP contribution < -0.4 is 15.1 Å². The van der Waals surface area contributed by atoms with Crippen LogP contribution in [0.15, 0.2) is 91.3 Å². The molecule has 1 amide bonds. The molecule has 5 aromatic rings. The number of benzene rings is 2. The summed E-state index contributed by atoms with van der Waals surface area (Å²) in [7, 11) is 0. The number of aromatic nitrogens is 4. The van der Waals surface area contributed by atoms with E-state index in [9.17, 15) is 9.90 Å². The van der Waals surface area contributed by atoms with Gasteiger partial charge in [-0.1, -0.05) is 29.8 Å². The predicted molar refractivity (Wildman–Crippen MR) is 172 cm³/mol. The monoisotopic (exact) mass is 608 g/mol. The molecule has 0 aliphatic carbocycles. The molecule has 0 atom stereocenters. The fourth-order valence-electron chi connectivity index (χ4n) is 6.05. The molecule has 5 heterocycles. The first kappa shape index (κ1) is 28.1. The van der Waals surface area contributed by atoms with E-state index in [0.717, 1.165) is 41.5 Å². The van der Waals surface area contributed by atoms with E-state index < -0.39 is 5.60 Å². The Balaban J connectivity index is 0.989. The van der Waals surface area contributed by atoms with Crippen molar-refractivity contribution in [3.63, 3.8) is 0 Å². The van der Waals surface area contributed by atoms with E-state index in [-0.39, 0.29) is 5.91 Å². The maximum atomic E-state index is 13.2. The minimum absolute atomic E-state index is 0.0252. The van der Waals surface area contributed by atoms with Gasteiger partial charge in [-0.15, -0.1) is 5.10 Å². The fourth-order valence-corrected chi connectivity index (χ4v) is 6.17. The van der Waals surface area contributed by atoms with E-state index in [1.807, 2.05) is 90.0 Å². The highest BCUT2D eigenvalue weighted by molar-refractivity contribution is 6.30. The van der Waals surface area contributed by atoms with Crippen LogP contribution in [0.3, 0.4) is 0 Å². The molecular formula is C33H33ClN8O2. The Bertz CT molecular complexity index is 1740. The lowest BCUT2D eigenvalue weighted by Gasteiger charge is -2.39. The molecule has 44 heavy (non-hydrogen) atoms. The number of pyridine rings is 2. The van der Waals surface area contributed by atoms with Crippen molar-refractivity contribution in [1.82, 2.24) is 24.5 Å². The molecule has 2 aromatic carbocycles. The Kier molecular flexibility index (Phi) is 7.53. The van der Waals surface area contributed by atoms with E-state index >= 15 is 0 Å². The van der Waals surface area contributed by atoms with E-state index in [2.05, 4.69) is 25.2 Å². The lowest BCUT2D eigenvalue weighted by molar-refractivity contribution is 0.0118. The Morgan fingerprint density at radius 2 is 1.59 bits per heavy atom. The smallest absolute Gasteiger partial charge is 0.253 e. The summed E-state index contributed by atoms with van der Waals surface area (Å²) in [6.45, 7) is 4.18. The third kappa shape index (κ3) is 5.66. The maximum absolute atomic E-state index is 13.2. The standard InChI is InChI=1S/C33H33ClN8O2/c34-26-10-8-25(9-11-26)33(44)14-18-39(19-15-33)28-4-3-17-42-30(28)37-32(38-42)36-27-12-6-24(7-13-27)31(43)41-22-20-40(21-23-41)29-5-1-2-16-35-29/h1-13,16-17,44H,14-15,18-23H2,(H,36,38). The van der Waals surface area contributed by atoms with E-state index in [0.29, 0.717) is 55.6 Å². The molecule has 0 unspecified atom stereocenters. The normalized spacial score (nSPS) is 16.7. The van der Waals surface area contributed by atoms with Crippen LogP contribution in [0.2, 0.25) is 5.02 Å². The molecule has 7 rings (SSSR count). The highest BCUT2D eigenvalue weighted by Crippen LogP contribution is 2.36. The van der Waals surface area contributed by atoms with E-state index in [1.54, 1.807) is 10.7 Å². The SMILES string of the molecule is O=C(c1ccc(Nc2nc3c(N4CCC(O)(c5ccc(Cl)cc5)CC4)cccn3n2)cc1)N1CCN(c2ccccn2)CC1. The number of amides is 1. The molecule has 2 N–H and O–H groups in total. The van der Waals surface area contributed by atoms with Crippen molar-refractivity contribution in [2.45, 2.75) is 18.4 Å². The van der Waals surface area contributed by atoms with Crippen LogP contribution >= 0.6 is 11.6 Å². The average molecular weight is 609 g/mol. The minimum Gasteiger partial charge on any atom is -0.385 e. The van der Waals surface area contributed by atoms with Crippen molar-refractivity contribution >= 4 is 46.3 Å². The molecule has 2 aliphatic heterocycles. The van der Waals surface area contributed by atoms with Gasteiger partial charge < -0.3 is 25.1 Å². The number of carbonyl (C=O) groups excluding carboxylic acids is 1. The van der Waals surface area contributed by atoms with Crippen LogP contribution in [0.4, 0.5) is 23.1 Å². The molecule has 2 aliphatic rings. The van der Waals surface area contributed by atoms with Crippen LogP contribution in [-0.2, 0) is 5.60 Å². The van der Waals surface area contributed by atoms with Crippen molar-refractivity contribution < 1.29 is 9.90 Å². The summed E-state index contributed by atoms with van der Waals surface area (Å²) in [6, 6.07) is 24.8. The number of carbonyl (C=O) groups is 1. The zero-order valence-corrected chi connectivity index (χ0v) is 24.9. The Morgan fingerprint density at radius 3 is 2.30 bits per heavy atom. The lowest BCUT2D eigenvalue weighted by atomic mass is 9.84. The highest BCUT2D eigenvalue weighted by Gasteiger charge is 2.34. The molecule has 224 valence electrons. The molecular weight excluding hydrogens is 576 g/mol. The third-order valence-corrected chi connectivity index (χ3v) is 8.83. The zero-order chi connectivity index (χ0) is 30.1. The molecule has 2 saturated heterocycles. The number of anilines is 4. The van der Waals surface area contributed by atoms with E-state index in [1.165, 1.54) is 0 Å². The van der Waals surface area contributed by atoms with E-state index in [4.69, 9.17) is 16.6 Å². The van der Waals surface area contributed by atoms with Gasteiger partial charge in [0.2, 0.25) is 5.95 Å². The summed E-state index contributed by atoms with van der Waals surface area (Å²) in [4.78, 5) is 28.7. The molecule has 2 fully saturated rings. The zero-order valence-electron chi connectivity index (χ0n) is 24.2. The topological polar surface area (TPSA) is 102 Å². The number of nitrogens with one attached hydrogen (secondary N) is 1. The predicted octanol–water partition coefficient (Wildman–Crippen LogP) is 4.97. The van der Waals surface area contributed by atoms with Crippen molar-refractivity contribution in [3.05, 3.63) is 107 Å². The number of hydrogen-bond acceptors (Lipinski definition) is 8. The molecule has 0 radical (unpaired) electrons. The second-order valence-electron chi connectivity index (χ2n) is 11.3. The number of halogens is 1. The van der Waals surface area contributed by atoms with Gasteiger partial charge in [0.15, 0.2) is 5.65 Å². The number of piperidine rings is 1. The maximum Gasteiger partial charge on any atom is 0.253 e. The Morgan fingerprint density at radius 1 is 0.841 bits per heavy atom. The first-order chi connectivity index (χ1) is 21.4. The summed E-state index contributed by atoms with van der Waals surface area (Å²) >= 11 is 6.05. The molecule has 0 spiro atoms. The molecule has 11 heteroatoms. The van der Waals surface area contributed by atoms with Crippen molar-refractivity contribution in [3.8, 4) is 0 Å². The van der Waals surface area contributed by atoms with Crippen LogP contribution in [0.5, 0.6) is 0 Å². The van der Waals surface area contributed by atoms with Crippen molar-refractivity contribution in [2.24, 2.45) is 0 Å². The third-order valence-electron chi connectivity index (χ3n) is 8.58. The fraction of sp³-hybridized carbons (Fsp3) is 0.273. The summed E-state index contributed by atoms with van der Waals surface area (Å²) < 4.78 is 1.76. The molecule has 10 nitrogen and oxygen atoms in total. The van der Waals surface area contributed by atoms with Crippen molar-refractivity contribution in [1.29, 1.82) is 0 Å². The van der Waals surface area contributed by atoms with Gasteiger partial charge in [-0.25, -0.2) is 9.50 Å². The van der Waals surface area contributed by atoms with Gasteiger partial charge in [0.05, 0.1) is 11.3 Å². The molecule has 0 bridgehead atoms. The number of piperazine rings is 1. The van der Waals surface area contributed by atoms with Crippen molar-refractivity contribution in [2.75, 3.05) is 54.4 Å². The Hall–Kier alpha value is -4.67. The minimum atomic E-state index is -0.881. The Labute approximate surface area is 260 Å². The lowest BCUT2D eigenvalue weighted by Crippen LogP contribution is -2.49. The van der Waals surface area contributed by atoms with Gasteiger partial charge in [-0.05, 0) is 79.1 Å². The van der Waals surface area contributed by atoms with Gasteiger partial charge in [-0.2, -0.15) is 4.98 Å². The number of rotatable bonds is 6. The number of nitrogens with zero attached hydrogens (tertiary/aromatic N) is 7. The second-order valence-corrected chi connectivity index (χ2v) is 11.7. The first-order valence-electron chi connectivity index (χ1n) is 14.9. The van der Waals surface area contributed by atoms with Gasteiger partial charge in [-0.3, -0.25) is 4.79 Å². The van der Waals surface area contributed by atoms with Gasteiger partial charge in [0.1, 0.15) is 5.82 Å². The second kappa shape index (κ2) is 11.8. The van der Waals surface area contributed by atoms with Crippen LogP contribution in [0, 0.1) is 0 Å². The summed E-state index contributed by atoms with van der Waals surface area (Å²) in [6.07, 6.45) is 4.86. The first-order valence-corrected chi connectivity index (χ1v) is 15.2. The van der Waals surface area contributed by atoms with Crippen LogP contribution in [-0.4, -0.2) is 74.8 Å². The largest absolute Gasteiger partial charge is 0.385 e. The average Bonchev–Trinajstić information content (AvgIpc) is 3.49. The number of hydrogen-bond donors (Lipinski definition) is 2.